The molecular formula is C10H12BrNO. The van der Waals surface area contributed by atoms with Gasteiger partial charge in [-0.25, -0.2) is 0 Å². The Balaban J connectivity index is 2.29. The van der Waals surface area contributed by atoms with Gasteiger partial charge >= 0.3 is 0 Å². The van der Waals surface area contributed by atoms with Crippen LogP contribution in [0, 0.1) is 0 Å². The molecule has 2 N–H and O–H groups in total. The maximum atomic E-state index is 9.65. The number of hydrogen-bond donors (Lipinski definition) is 2. The van der Waals surface area contributed by atoms with E-state index in [0.717, 1.165) is 18.5 Å². The van der Waals surface area contributed by atoms with Gasteiger partial charge in [0, 0.05) is 5.69 Å². The molecule has 2 unspecified atom stereocenters. The first-order chi connectivity index (χ1) is 6.27. The zero-order valence-corrected chi connectivity index (χ0v) is 8.79. The van der Waals surface area contributed by atoms with Gasteiger partial charge in [-0.1, -0.05) is 34.1 Å². The number of fused-ring (bicyclic) bond motifs is 1. The number of aliphatic hydroxyl groups is 1. The van der Waals surface area contributed by atoms with Gasteiger partial charge < -0.3 is 10.4 Å². The van der Waals surface area contributed by atoms with E-state index >= 15 is 0 Å². The number of rotatable bonds is 0. The van der Waals surface area contributed by atoms with Crippen LogP contribution in [0.15, 0.2) is 24.3 Å². The maximum absolute atomic E-state index is 9.65. The van der Waals surface area contributed by atoms with E-state index in [0.29, 0.717) is 0 Å². The fourth-order valence-electron chi connectivity index (χ4n) is 1.58. The summed E-state index contributed by atoms with van der Waals surface area (Å²) in [4.78, 5) is 0.139. The van der Waals surface area contributed by atoms with Crippen molar-refractivity contribution in [1.29, 1.82) is 0 Å². The Labute approximate surface area is 86.1 Å². The van der Waals surface area contributed by atoms with Gasteiger partial charge in [-0.2, -0.15) is 0 Å². The second-order valence-electron chi connectivity index (χ2n) is 3.30. The van der Waals surface area contributed by atoms with E-state index in [2.05, 4.69) is 27.3 Å². The highest BCUT2D eigenvalue weighted by molar-refractivity contribution is 9.09. The first kappa shape index (κ1) is 9.03. The molecule has 0 spiro atoms. The highest BCUT2D eigenvalue weighted by Crippen LogP contribution is 2.25. The Kier molecular flexibility index (Phi) is 2.56. The summed E-state index contributed by atoms with van der Waals surface area (Å²) in [5.74, 6) is 0. The minimum Gasteiger partial charge on any atom is -0.373 e. The molecule has 1 aliphatic rings. The summed E-state index contributed by atoms with van der Waals surface area (Å²) in [6.45, 7) is 0. The lowest BCUT2D eigenvalue weighted by Crippen LogP contribution is -2.27. The highest BCUT2D eigenvalue weighted by Gasteiger charge is 2.20. The van der Waals surface area contributed by atoms with Crippen molar-refractivity contribution in [3.8, 4) is 0 Å². The first-order valence-electron chi connectivity index (χ1n) is 4.44. The molecule has 3 heteroatoms. The van der Waals surface area contributed by atoms with Crippen molar-refractivity contribution in [2.45, 2.75) is 23.9 Å². The predicted molar refractivity (Wildman–Crippen MR) is 57.1 cm³/mol. The summed E-state index contributed by atoms with van der Waals surface area (Å²) in [7, 11) is 0. The summed E-state index contributed by atoms with van der Waals surface area (Å²) in [6.07, 6.45) is 1.49. The van der Waals surface area contributed by atoms with E-state index in [4.69, 9.17) is 0 Å². The zero-order chi connectivity index (χ0) is 9.26. The van der Waals surface area contributed by atoms with Crippen LogP contribution in [0.2, 0.25) is 0 Å². The van der Waals surface area contributed by atoms with Gasteiger partial charge in [-0.15, -0.1) is 0 Å². The van der Waals surface area contributed by atoms with Gasteiger partial charge in [0.2, 0.25) is 0 Å². The molecule has 13 heavy (non-hydrogen) atoms. The molecule has 0 amide bonds. The van der Waals surface area contributed by atoms with Crippen molar-refractivity contribution in [2.24, 2.45) is 0 Å². The highest BCUT2D eigenvalue weighted by atomic mass is 79.9. The Hall–Kier alpha value is -0.540. The van der Waals surface area contributed by atoms with Gasteiger partial charge in [-0.3, -0.25) is 0 Å². The molecule has 1 aromatic rings. The average Bonchev–Trinajstić information content (AvgIpc) is 2.28. The monoisotopic (exact) mass is 241 g/mol. The van der Waals surface area contributed by atoms with Crippen LogP contribution in [-0.4, -0.2) is 16.2 Å². The number of alkyl halides is 1. The minimum atomic E-state index is -0.483. The molecule has 2 nitrogen and oxygen atoms in total. The molecule has 0 saturated carbocycles. The van der Waals surface area contributed by atoms with Crippen molar-refractivity contribution in [2.75, 3.05) is 5.32 Å². The fraction of sp³-hybridized carbons (Fsp3) is 0.400. The van der Waals surface area contributed by atoms with Crippen LogP contribution in [-0.2, 0) is 6.42 Å². The molecule has 2 atom stereocenters. The third-order valence-corrected chi connectivity index (χ3v) is 3.31. The number of hydrogen-bond acceptors (Lipinski definition) is 2. The molecule has 1 aromatic carbocycles. The van der Waals surface area contributed by atoms with E-state index < -0.39 is 6.23 Å². The quantitative estimate of drug-likeness (QED) is 0.683. The molecule has 0 saturated heterocycles. The van der Waals surface area contributed by atoms with Crippen molar-refractivity contribution in [3.63, 3.8) is 0 Å². The molecule has 2 rings (SSSR count). The number of aryl methyl sites for hydroxylation is 1. The van der Waals surface area contributed by atoms with Crippen LogP contribution in [0.25, 0.3) is 0 Å². The van der Waals surface area contributed by atoms with E-state index in [1.54, 1.807) is 0 Å². The molecule has 1 heterocycles. The van der Waals surface area contributed by atoms with Crippen LogP contribution >= 0.6 is 15.9 Å². The third-order valence-electron chi connectivity index (χ3n) is 2.35. The van der Waals surface area contributed by atoms with Crippen molar-refractivity contribution < 1.29 is 5.11 Å². The first-order valence-corrected chi connectivity index (χ1v) is 5.35. The van der Waals surface area contributed by atoms with Gasteiger partial charge in [0.1, 0.15) is 6.23 Å². The van der Waals surface area contributed by atoms with Crippen LogP contribution in [0.5, 0.6) is 0 Å². The number of aliphatic hydroxyl groups excluding tert-OH is 1. The van der Waals surface area contributed by atoms with Crippen LogP contribution < -0.4 is 5.32 Å². The number of nitrogens with one attached hydrogen (secondary N) is 1. The number of benzene rings is 1. The molecule has 1 aliphatic heterocycles. The lowest BCUT2D eigenvalue weighted by atomic mass is 10.1. The number of para-hydroxylation sites is 1. The van der Waals surface area contributed by atoms with Crippen LogP contribution in [0.1, 0.15) is 12.0 Å². The van der Waals surface area contributed by atoms with E-state index in [-0.39, 0.29) is 4.83 Å². The molecule has 0 fully saturated rings. The molecule has 0 aliphatic carbocycles. The van der Waals surface area contributed by atoms with Gasteiger partial charge in [-0.05, 0) is 24.5 Å². The smallest absolute Gasteiger partial charge is 0.137 e. The number of anilines is 1. The third kappa shape index (κ3) is 1.86. The standard InChI is InChI=1S/C10H12BrNO/c11-8-6-5-7-3-1-2-4-9(7)12-10(8)13/h1-4,8,10,12-13H,5-6H2. The second kappa shape index (κ2) is 3.68. The Morgan fingerprint density at radius 1 is 1.38 bits per heavy atom. The molecular weight excluding hydrogens is 230 g/mol. The van der Waals surface area contributed by atoms with E-state index in [1.807, 2.05) is 18.2 Å². The SMILES string of the molecule is OC1Nc2ccccc2CCC1Br. The second-order valence-corrected chi connectivity index (χ2v) is 4.48. The maximum Gasteiger partial charge on any atom is 0.137 e. The Bertz CT molecular complexity index is 303. The lowest BCUT2D eigenvalue weighted by molar-refractivity contribution is 0.201. The Morgan fingerprint density at radius 3 is 3.00 bits per heavy atom. The summed E-state index contributed by atoms with van der Waals surface area (Å²) >= 11 is 3.45. The molecule has 70 valence electrons. The Morgan fingerprint density at radius 2 is 2.15 bits per heavy atom. The zero-order valence-electron chi connectivity index (χ0n) is 7.20. The summed E-state index contributed by atoms with van der Waals surface area (Å²) in [5, 5.41) is 12.7. The van der Waals surface area contributed by atoms with Gasteiger partial charge in [0.05, 0.1) is 4.83 Å². The summed E-state index contributed by atoms with van der Waals surface area (Å²) in [5.41, 5.74) is 2.33. The molecule has 0 aromatic heterocycles. The van der Waals surface area contributed by atoms with Crippen molar-refractivity contribution in [3.05, 3.63) is 29.8 Å². The number of halogens is 1. The molecule has 0 radical (unpaired) electrons. The predicted octanol–water partition coefficient (Wildman–Crippen LogP) is 2.13. The van der Waals surface area contributed by atoms with Gasteiger partial charge in [0.15, 0.2) is 0 Å². The van der Waals surface area contributed by atoms with Crippen molar-refractivity contribution >= 4 is 21.6 Å². The summed E-state index contributed by atoms with van der Waals surface area (Å²) < 4.78 is 0. The van der Waals surface area contributed by atoms with Crippen LogP contribution in [0.4, 0.5) is 5.69 Å². The lowest BCUT2D eigenvalue weighted by Gasteiger charge is -2.15. The average molecular weight is 242 g/mol. The largest absolute Gasteiger partial charge is 0.373 e. The molecule has 0 bridgehead atoms. The van der Waals surface area contributed by atoms with Crippen LogP contribution in [0.3, 0.4) is 0 Å². The van der Waals surface area contributed by atoms with Crippen molar-refractivity contribution in [1.82, 2.24) is 0 Å². The van der Waals surface area contributed by atoms with E-state index in [9.17, 15) is 5.11 Å². The van der Waals surface area contributed by atoms with Gasteiger partial charge in [0.25, 0.3) is 0 Å². The topological polar surface area (TPSA) is 32.3 Å². The summed E-state index contributed by atoms with van der Waals surface area (Å²) in [6, 6.07) is 8.11. The fourth-order valence-corrected chi connectivity index (χ4v) is 1.94. The normalized spacial score (nSPS) is 27.2. The minimum absolute atomic E-state index is 0.139. The van der Waals surface area contributed by atoms with E-state index in [1.165, 1.54) is 5.56 Å².